The zero-order valence-corrected chi connectivity index (χ0v) is 8.97. The average Bonchev–Trinajstić information content (AvgIpc) is 2.29. The molecule has 0 unspecified atom stereocenters. The quantitative estimate of drug-likeness (QED) is 0.438. The molecule has 0 N–H and O–H groups in total. The lowest BCUT2D eigenvalue weighted by Gasteiger charge is -2.00. The number of carbonyl (C=O) groups excluding carboxylic acids is 1. The summed E-state index contributed by atoms with van der Waals surface area (Å²) in [5.74, 6) is 0.163. The molecular weight excluding hydrogens is 202 g/mol. The number of aromatic nitrogens is 1. The van der Waals surface area contributed by atoms with Gasteiger partial charge in [-0.05, 0) is 19.1 Å². The van der Waals surface area contributed by atoms with E-state index in [2.05, 4.69) is 16.6 Å². The second-order valence-corrected chi connectivity index (χ2v) is 3.07. The van der Waals surface area contributed by atoms with Gasteiger partial charge in [-0.25, -0.2) is 9.98 Å². The lowest BCUT2D eigenvalue weighted by atomic mass is 10.2. The number of pyridine rings is 1. The summed E-state index contributed by atoms with van der Waals surface area (Å²) >= 11 is 0. The molecule has 16 heavy (non-hydrogen) atoms. The van der Waals surface area contributed by atoms with Crippen molar-refractivity contribution >= 4 is 17.8 Å². The maximum absolute atomic E-state index is 11.3. The maximum atomic E-state index is 11.3. The van der Waals surface area contributed by atoms with Crippen molar-refractivity contribution in [2.75, 3.05) is 0 Å². The van der Waals surface area contributed by atoms with Crippen LogP contribution in [0.5, 0.6) is 0 Å². The molecule has 0 atom stereocenters. The predicted molar refractivity (Wildman–Crippen MR) is 61.9 cm³/mol. The van der Waals surface area contributed by atoms with Crippen LogP contribution in [0.4, 0.5) is 5.82 Å². The van der Waals surface area contributed by atoms with Gasteiger partial charge in [-0.3, -0.25) is 4.79 Å². The van der Waals surface area contributed by atoms with E-state index in [1.165, 1.54) is 13.0 Å². The van der Waals surface area contributed by atoms with Crippen LogP contribution in [-0.2, 0) is 0 Å². The van der Waals surface area contributed by atoms with Crippen LogP contribution in [0, 0.1) is 11.3 Å². The van der Waals surface area contributed by atoms with Crippen LogP contribution in [0.2, 0.25) is 0 Å². The summed E-state index contributed by atoms with van der Waals surface area (Å²) in [5, 5.41) is 8.70. The Hall–Kier alpha value is -2.28. The first-order valence-electron chi connectivity index (χ1n) is 4.74. The Morgan fingerprint density at radius 1 is 1.69 bits per heavy atom. The summed E-state index contributed by atoms with van der Waals surface area (Å²) in [6.07, 6.45) is 3.88. The number of ketones is 1. The minimum Gasteiger partial charge on any atom is -0.294 e. The second-order valence-electron chi connectivity index (χ2n) is 3.07. The molecule has 0 radical (unpaired) electrons. The van der Waals surface area contributed by atoms with Crippen molar-refractivity contribution in [3.05, 3.63) is 36.0 Å². The zero-order chi connectivity index (χ0) is 12.0. The van der Waals surface area contributed by atoms with E-state index < -0.39 is 0 Å². The van der Waals surface area contributed by atoms with Crippen molar-refractivity contribution in [1.82, 2.24) is 4.98 Å². The van der Waals surface area contributed by atoms with Crippen LogP contribution in [-0.4, -0.2) is 17.0 Å². The van der Waals surface area contributed by atoms with Crippen molar-refractivity contribution in [2.45, 2.75) is 13.3 Å². The van der Waals surface area contributed by atoms with Gasteiger partial charge < -0.3 is 0 Å². The van der Waals surface area contributed by atoms with E-state index in [4.69, 9.17) is 5.26 Å². The molecule has 0 saturated heterocycles. The number of carbonyl (C=O) groups is 1. The standard InChI is InChI=1S/C12H11N3O/c1-3-4-7-14-12-11(9(2)16)6-5-10(8-13)15-12/h3,5-7H,1,4H2,2H3. The minimum atomic E-state index is -0.122. The van der Waals surface area contributed by atoms with Crippen LogP contribution in [0.3, 0.4) is 0 Å². The van der Waals surface area contributed by atoms with Crippen molar-refractivity contribution in [1.29, 1.82) is 5.26 Å². The van der Waals surface area contributed by atoms with E-state index >= 15 is 0 Å². The van der Waals surface area contributed by atoms with Gasteiger partial charge in [0, 0.05) is 12.6 Å². The Bertz CT molecular complexity index is 484. The molecule has 0 aromatic carbocycles. The van der Waals surface area contributed by atoms with Crippen molar-refractivity contribution in [3.63, 3.8) is 0 Å². The van der Waals surface area contributed by atoms with Gasteiger partial charge in [-0.1, -0.05) is 6.08 Å². The zero-order valence-electron chi connectivity index (χ0n) is 8.97. The summed E-state index contributed by atoms with van der Waals surface area (Å²) in [6, 6.07) is 4.97. The second kappa shape index (κ2) is 5.56. The molecule has 80 valence electrons. The fraction of sp³-hybridized carbons (Fsp3) is 0.167. The lowest BCUT2D eigenvalue weighted by molar-refractivity contribution is 0.101. The summed E-state index contributed by atoms with van der Waals surface area (Å²) < 4.78 is 0. The van der Waals surface area contributed by atoms with Gasteiger partial charge in [0.25, 0.3) is 0 Å². The molecule has 1 heterocycles. The third kappa shape index (κ3) is 2.85. The van der Waals surface area contributed by atoms with Crippen molar-refractivity contribution < 1.29 is 4.79 Å². The molecule has 0 aliphatic carbocycles. The van der Waals surface area contributed by atoms with Gasteiger partial charge in [0.2, 0.25) is 0 Å². The number of Topliss-reactive ketones (excluding diaryl/α,β-unsaturated/α-hetero) is 1. The highest BCUT2D eigenvalue weighted by Crippen LogP contribution is 2.17. The molecule has 0 bridgehead atoms. The Labute approximate surface area is 94.0 Å². The fourth-order valence-electron chi connectivity index (χ4n) is 1.10. The molecule has 4 heteroatoms. The van der Waals surface area contributed by atoms with Crippen LogP contribution in [0.15, 0.2) is 29.8 Å². The first-order chi connectivity index (χ1) is 7.69. The first-order valence-corrected chi connectivity index (χ1v) is 4.74. The van der Waals surface area contributed by atoms with Gasteiger partial charge in [0.15, 0.2) is 11.6 Å². The molecule has 0 aliphatic rings. The predicted octanol–water partition coefficient (Wildman–Crippen LogP) is 2.43. The fourth-order valence-corrected chi connectivity index (χ4v) is 1.10. The monoisotopic (exact) mass is 213 g/mol. The van der Waals surface area contributed by atoms with Crippen LogP contribution in [0.1, 0.15) is 29.4 Å². The molecule has 4 nitrogen and oxygen atoms in total. The molecule has 0 saturated carbocycles. The van der Waals surface area contributed by atoms with E-state index in [9.17, 15) is 4.79 Å². The van der Waals surface area contributed by atoms with E-state index in [1.807, 2.05) is 6.07 Å². The maximum Gasteiger partial charge on any atom is 0.163 e. The third-order valence-electron chi connectivity index (χ3n) is 1.85. The van der Waals surface area contributed by atoms with Gasteiger partial charge in [-0.2, -0.15) is 5.26 Å². The van der Waals surface area contributed by atoms with Gasteiger partial charge in [0.1, 0.15) is 11.8 Å². The van der Waals surface area contributed by atoms with E-state index in [-0.39, 0.29) is 17.3 Å². The molecule has 1 aromatic rings. The van der Waals surface area contributed by atoms with E-state index in [0.29, 0.717) is 12.0 Å². The molecule has 0 fully saturated rings. The van der Waals surface area contributed by atoms with Crippen LogP contribution >= 0.6 is 0 Å². The normalized spacial score (nSPS) is 10.0. The summed E-state index contributed by atoms with van der Waals surface area (Å²) in [5.41, 5.74) is 0.662. The van der Waals surface area contributed by atoms with Gasteiger partial charge in [-0.15, -0.1) is 6.58 Å². The van der Waals surface area contributed by atoms with Gasteiger partial charge >= 0.3 is 0 Å². The lowest BCUT2D eigenvalue weighted by Crippen LogP contribution is -1.96. The SMILES string of the molecule is C=CCC=Nc1nc(C#N)ccc1C(C)=O. The molecule has 0 aliphatic heterocycles. The number of allylic oxidation sites excluding steroid dienone is 1. The van der Waals surface area contributed by atoms with E-state index in [1.54, 1.807) is 18.4 Å². The number of nitriles is 1. The van der Waals surface area contributed by atoms with Gasteiger partial charge in [0.05, 0.1) is 5.56 Å². The number of hydrogen-bond acceptors (Lipinski definition) is 4. The largest absolute Gasteiger partial charge is 0.294 e. The molecular formula is C12H11N3O. The number of rotatable bonds is 4. The van der Waals surface area contributed by atoms with E-state index in [0.717, 1.165) is 0 Å². The first kappa shape index (κ1) is 11.8. The highest BCUT2D eigenvalue weighted by molar-refractivity contribution is 5.98. The molecule has 1 aromatic heterocycles. The van der Waals surface area contributed by atoms with Crippen LogP contribution in [0.25, 0.3) is 0 Å². The average molecular weight is 213 g/mol. The Morgan fingerprint density at radius 2 is 2.44 bits per heavy atom. The van der Waals surface area contributed by atoms with Crippen molar-refractivity contribution in [2.24, 2.45) is 4.99 Å². The summed E-state index contributed by atoms with van der Waals surface area (Å²) in [7, 11) is 0. The molecule has 1 rings (SSSR count). The summed E-state index contributed by atoms with van der Waals surface area (Å²) in [6.45, 7) is 4.99. The number of hydrogen-bond donors (Lipinski definition) is 0. The Morgan fingerprint density at radius 3 is 3.00 bits per heavy atom. The van der Waals surface area contributed by atoms with Crippen LogP contribution < -0.4 is 0 Å². The molecule has 0 amide bonds. The number of aliphatic imine (C=N–C) groups is 1. The highest BCUT2D eigenvalue weighted by atomic mass is 16.1. The summed E-state index contributed by atoms with van der Waals surface area (Å²) in [4.78, 5) is 19.3. The topological polar surface area (TPSA) is 66.1 Å². The Kier molecular flexibility index (Phi) is 4.10. The third-order valence-corrected chi connectivity index (χ3v) is 1.85. The highest BCUT2D eigenvalue weighted by Gasteiger charge is 2.08. The minimum absolute atomic E-state index is 0.122. The number of nitrogens with zero attached hydrogens (tertiary/aromatic N) is 3. The molecule has 0 spiro atoms. The van der Waals surface area contributed by atoms with Crippen molar-refractivity contribution in [3.8, 4) is 6.07 Å². The smallest absolute Gasteiger partial charge is 0.163 e. The Balaban J connectivity index is 3.16.